The first-order valence-electron chi connectivity index (χ1n) is 7.58. The molecule has 0 saturated heterocycles. The topological polar surface area (TPSA) is 24.9 Å². The maximum Gasteiger partial charge on any atom is 0.0725 e. The summed E-state index contributed by atoms with van der Waals surface area (Å²) in [5.41, 5.74) is 2.27. The van der Waals surface area contributed by atoms with E-state index in [1.807, 2.05) is 0 Å². The quantitative estimate of drug-likeness (QED) is 0.866. The molecule has 3 heteroatoms. The van der Waals surface area contributed by atoms with E-state index in [9.17, 15) is 0 Å². The number of aromatic nitrogens is 1. The predicted octanol–water partition coefficient (Wildman–Crippen LogP) is 4.84. The Morgan fingerprint density at radius 3 is 2.80 bits per heavy atom. The minimum Gasteiger partial charge on any atom is -0.309 e. The summed E-state index contributed by atoms with van der Waals surface area (Å²) in [6.07, 6.45) is 5.35. The third kappa shape index (κ3) is 2.75. The fourth-order valence-electron chi connectivity index (χ4n) is 3.32. The highest BCUT2D eigenvalue weighted by molar-refractivity contribution is 9.10. The molecule has 0 amide bonds. The van der Waals surface area contributed by atoms with Crippen molar-refractivity contribution in [3.63, 3.8) is 0 Å². The van der Waals surface area contributed by atoms with Gasteiger partial charge in [0.1, 0.15) is 0 Å². The molecule has 2 aromatic rings. The first kappa shape index (κ1) is 14.0. The van der Waals surface area contributed by atoms with E-state index < -0.39 is 0 Å². The van der Waals surface area contributed by atoms with Crippen LogP contribution in [0.5, 0.6) is 0 Å². The maximum absolute atomic E-state index is 4.93. The van der Waals surface area contributed by atoms with Crippen LogP contribution in [0.2, 0.25) is 0 Å². The highest BCUT2D eigenvalue weighted by Crippen LogP contribution is 2.38. The SMILES string of the molecule is CCNC(c1nc2ccccc2cc1Br)C1CCCC1. The summed E-state index contributed by atoms with van der Waals surface area (Å²) in [5.74, 6) is 0.722. The molecule has 1 aliphatic carbocycles. The van der Waals surface area contributed by atoms with Crippen molar-refractivity contribution in [3.8, 4) is 0 Å². The molecule has 1 aromatic carbocycles. The summed E-state index contributed by atoms with van der Waals surface area (Å²) in [5, 5.41) is 4.85. The number of nitrogens with one attached hydrogen (secondary N) is 1. The number of para-hydroxylation sites is 1. The van der Waals surface area contributed by atoms with E-state index in [0.717, 1.165) is 22.5 Å². The van der Waals surface area contributed by atoms with E-state index in [1.54, 1.807) is 0 Å². The largest absolute Gasteiger partial charge is 0.309 e. The Labute approximate surface area is 129 Å². The van der Waals surface area contributed by atoms with Crippen molar-refractivity contribution in [2.45, 2.75) is 38.6 Å². The smallest absolute Gasteiger partial charge is 0.0725 e. The second-order valence-electron chi connectivity index (χ2n) is 5.63. The second kappa shape index (κ2) is 6.23. The molecule has 106 valence electrons. The molecule has 20 heavy (non-hydrogen) atoms. The van der Waals surface area contributed by atoms with Crippen molar-refractivity contribution >= 4 is 26.8 Å². The Hall–Kier alpha value is -0.930. The van der Waals surface area contributed by atoms with Gasteiger partial charge in [-0.05, 0) is 53.4 Å². The Morgan fingerprint density at radius 2 is 2.05 bits per heavy atom. The van der Waals surface area contributed by atoms with Gasteiger partial charge in [-0.25, -0.2) is 4.98 Å². The van der Waals surface area contributed by atoms with Crippen LogP contribution in [0.25, 0.3) is 10.9 Å². The van der Waals surface area contributed by atoms with Crippen LogP contribution in [-0.4, -0.2) is 11.5 Å². The summed E-state index contributed by atoms with van der Waals surface area (Å²) >= 11 is 3.73. The summed E-state index contributed by atoms with van der Waals surface area (Å²) in [4.78, 5) is 4.93. The average Bonchev–Trinajstić information content (AvgIpc) is 2.98. The molecule has 1 fully saturated rings. The van der Waals surface area contributed by atoms with Gasteiger partial charge in [-0.1, -0.05) is 38.0 Å². The summed E-state index contributed by atoms with van der Waals surface area (Å²) in [7, 11) is 0. The maximum atomic E-state index is 4.93. The number of nitrogens with zero attached hydrogens (tertiary/aromatic N) is 1. The molecular weight excluding hydrogens is 312 g/mol. The van der Waals surface area contributed by atoms with Crippen LogP contribution >= 0.6 is 15.9 Å². The first-order chi connectivity index (χ1) is 9.79. The highest BCUT2D eigenvalue weighted by Gasteiger charge is 2.28. The molecule has 0 spiro atoms. The zero-order valence-corrected chi connectivity index (χ0v) is 13.5. The van der Waals surface area contributed by atoms with Gasteiger partial charge in [0.15, 0.2) is 0 Å². The van der Waals surface area contributed by atoms with E-state index in [-0.39, 0.29) is 0 Å². The van der Waals surface area contributed by atoms with Gasteiger partial charge in [-0.3, -0.25) is 0 Å². The Bertz CT molecular complexity index is 591. The first-order valence-corrected chi connectivity index (χ1v) is 8.37. The lowest BCUT2D eigenvalue weighted by molar-refractivity contribution is 0.367. The fourth-order valence-corrected chi connectivity index (χ4v) is 3.90. The number of benzene rings is 1. The molecule has 1 atom stereocenters. The van der Waals surface area contributed by atoms with Crippen LogP contribution < -0.4 is 5.32 Å². The Kier molecular flexibility index (Phi) is 4.37. The van der Waals surface area contributed by atoms with E-state index in [2.05, 4.69) is 58.5 Å². The van der Waals surface area contributed by atoms with Crippen LogP contribution in [0.1, 0.15) is 44.3 Å². The van der Waals surface area contributed by atoms with Crippen LogP contribution in [0.3, 0.4) is 0 Å². The predicted molar refractivity (Wildman–Crippen MR) is 87.8 cm³/mol. The normalized spacial score (nSPS) is 17.7. The third-order valence-corrected chi connectivity index (χ3v) is 4.93. The van der Waals surface area contributed by atoms with E-state index in [1.165, 1.54) is 36.8 Å². The molecule has 1 aliphatic rings. The molecule has 1 saturated carbocycles. The van der Waals surface area contributed by atoms with Crippen molar-refractivity contribution in [2.24, 2.45) is 5.92 Å². The lowest BCUT2D eigenvalue weighted by Gasteiger charge is -2.25. The zero-order chi connectivity index (χ0) is 13.9. The lowest BCUT2D eigenvalue weighted by Crippen LogP contribution is -2.28. The molecule has 0 aliphatic heterocycles. The van der Waals surface area contributed by atoms with Crippen molar-refractivity contribution in [1.29, 1.82) is 0 Å². The summed E-state index contributed by atoms with van der Waals surface area (Å²) in [6.45, 7) is 3.17. The zero-order valence-electron chi connectivity index (χ0n) is 11.9. The Balaban J connectivity index is 2.02. The number of fused-ring (bicyclic) bond motifs is 1. The van der Waals surface area contributed by atoms with Gasteiger partial charge >= 0.3 is 0 Å². The fraction of sp³-hybridized carbons (Fsp3) is 0.471. The molecule has 1 heterocycles. The van der Waals surface area contributed by atoms with Gasteiger partial charge in [0.05, 0.1) is 17.3 Å². The number of hydrogen-bond acceptors (Lipinski definition) is 2. The monoisotopic (exact) mass is 332 g/mol. The van der Waals surface area contributed by atoms with Gasteiger partial charge < -0.3 is 5.32 Å². The van der Waals surface area contributed by atoms with Crippen LogP contribution in [0, 0.1) is 5.92 Å². The van der Waals surface area contributed by atoms with Gasteiger partial charge in [-0.15, -0.1) is 0 Å². The number of hydrogen-bond donors (Lipinski definition) is 1. The molecular formula is C17H21BrN2. The molecule has 0 radical (unpaired) electrons. The third-order valence-electron chi connectivity index (χ3n) is 4.29. The molecule has 1 unspecified atom stereocenters. The standard InChI is InChI=1S/C17H21BrN2/c1-2-19-16(12-7-3-4-8-12)17-14(18)11-13-9-5-6-10-15(13)20-17/h5-6,9-12,16,19H,2-4,7-8H2,1H3. The van der Waals surface area contributed by atoms with E-state index in [4.69, 9.17) is 4.98 Å². The second-order valence-corrected chi connectivity index (χ2v) is 6.48. The molecule has 3 rings (SSSR count). The summed E-state index contributed by atoms with van der Waals surface area (Å²) < 4.78 is 1.13. The van der Waals surface area contributed by atoms with E-state index in [0.29, 0.717) is 6.04 Å². The molecule has 0 bridgehead atoms. The molecule has 1 N–H and O–H groups in total. The van der Waals surface area contributed by atoms with Gasteiger partial charge in [-0.2, -0.15) is 0 Å². The van der Waals surface area contributed by atoms with Gasteiger partial charge in [0.2, 0.25) is 0 Å². The van der Waals surface area contributed by atoms with Crippen molar-refractivity contribution in [3.05, 3.63) is 40.5 Å². The van der Waals surface area contributed by atoms with Gasteiger partial charge in [0, 0.05) is 9.86 Å². The molecule has 2 nitrogen and oxygen atoms in total. The minimum absolute atomic E-state index is 0.376. The van der Waals surface area contributed by atoms with Crippen molar-refractivity contribution < 1.29 is 0 Å². The van der Waals surface area contributed by atoms with Crippen LogP contribution in [0.4, 0.5) is 0 Å². The minimum atomic E-state index is 0.376. The average molecular weight is 333 g/mol. The number of rotatable bonds is 4. The Morgan fingerprint density at radius 1 is 1.30 bits per heavy atom. The van der Waals surface area contributed by atoms with E-state index >= 15 is 0 Å². The van der Waals surface area contributed by atoms with Crippen LogP contribution in [0.15, 0.2) is 34.8 Å². The van der Waals surface area contributed by atoms with Crippen LogP contribution in [-0.2, 0) is 0 Å². The number of halogens is 1. The molecule has 1 aromatic heterocycles. The highest BCUT2D eigenvalue weighted by atomic mass is 79.9. The summed E-state index contributed by atoms with van der Waals surface area (Å²) in [6, 6.07) is 10.9. The number of pyridine rings is 1. The van der Waals surface area contributed by atoms with Crippen molar-refractivity contribution in [1.82, 2.24) is 10.3 Å². The van der Waals surface area contributed by atoms with Crippen molar-refractivity contribution in [2.75, 3.05) is 6.54 Å². The lowest BCUT2D eigenvalue weighted by atomic mass is 9.94. The van der Waals surface area contributed by atoms with Gasteiger partial charge in [0.25, 0.3) is 0 Å².